The second-order valence-electron chi connectivity index (χ2n) is 11.9. The van der Waals surface area contributed by atoms with Crippen molar-refractivity contribution in [2.24, 2.45) is 0 Å². The first kappa shape index (κ1) is 23.5. The van der Waals surface area contributed by atoms with Crippen LogP contribution < -0.4 is 15.0 Å². The molecule has 2 atom stereocenters. The van der Waals surface area contributed by atoms with Crippen molar-refractivity contribution < 1.29 is 9.13 Å². The van der Waals surface area contributed by atoms with Gasteiger partial charge in [0, 0.05) is 42.3 Å². The van der Waals surface area contributed by atoms with E-state index < -0.39 is 5.82 Å². The predicted molar refractivity (Wildman–Crippen MR) is 148 cm³/mol. The summed E-state index contributed by atoms with van der Waals surface area (Å²) >= 11 is 0. The highest BCUT2D eigenvalue weighted by molar-refractivity contribution is 5.98. The number of ether oxygens (including phenoxy) is 1. The van der Waals surface area contributed by atoms with Gasteiger partial charge in [-0.3, -0.25) is 15.0 Å². The van der Waals surface area contributed by atoms with Crippen LogP contribution in [0.2, 0.25) is 0 Å². The van der Waals surface area contributed by atoms with Crippen LogP contribution in [0.4, 0.5) is 10.2 Å². The number of nitrogens with one attached hydrogen (secondary N) is 2. The molecule has 2 bridgehead atoms. The molecule has 4 aromatic rings. The number of hydrogen-bond donors (Lipinski definition) is 2. The van der Waals surface area contributed by atoms with Crippen LogP contribution in [0.1, 0.15) is 44.1 Å². The number of rotatable bonds is 5. The van der Waals surface area contributed by atoms with Crippen LogP contribution in [0.5, 0.6) is 6.01 Å². The number of anilines is 1. The van der Waals surface area contributed by atoms with Gasteiger partial charge in [0.05, 0.1) is 22.6 Å². The number of aryl methyl sites for hydroxylation is 1. The van der Waals surface area contributed by atoms with Gasteiger partial charge in [0.1, 0.15) is 23.6 Å². The number of nitrogens with zero attached hydrogens (tertiary/aromatic N) is 6. The second-order valence-corrected chi connectivity index (χ2v) is 11.9. The summed E-state index contributed by atoms with van der Waals surface area (Å²) in [7, 11) is 0. The molecule has 8 rings (SSSR count). The molecule has 0 amide bonds. The third kappa shape index (κ3) is 3.79. The third-order valence-corrected chi connectivity index (χ3v) is 9.40. The van der Waals surface area contributed by atoms with E-state index in [0.717, 1.165) is 74.1 Å². The van der Waals surface area contributed by atoms with Gasteiger partial charge in [-0.15, -0.1) is 0 Å². The monoisotopic (exact) mass is 528 g/mol. The fourth-order valence-electron chi connectivity index (χ4n) is 7.54. The Bertz CT molecular complexity index is 1560. The summed E-state index contributed by atoms with van der Waals surface area (Å²) in [6.07, 6.45) is 10.4. The molecule has 2 unspecified atom stereocenters. The van der Waals surface area contributed by atoms with Crippen LogP contribution in [-0.2, 0) is 0 Å². The summed E-state index contributed by atoms with van der Waals surface area (Å²) in [6, 6.07) is 5.05. The normalized spacial score (nSPS) is 24.2. The molecule has 4 saturated heterocycles. The first-order chi connectivity index (χ1) is 19.1. The molecule has 4 aliphatic rings. The highest BCUT2D eigenvalue weighted by atomic mass is 19.1. The number of aromatic nitrogens is 5. The molecule has 10 heteroatoms. The van der Waals surface area contributed by atoms with Crippen molar-refractivity contribution in [2.45, 2.75) is 63.1 Å². The Morgan fingerprint density at radius 3 is 2.64 bits per heavy atom. The number of pyridine rings is 1. The van der Waals surface area contributed by atoms with Gasteiger partial charge < -0.3 is 15.0 Å². The third-order valence-electron chi connectivity index (χ3n) is 9.40. The summed E-state index contributed by atoms with van der Waals surface area (Å²) in [5.74, 6) is 0.268. The molecular weight excluding hydrogens is 495 g/mol. The zero-order valence-corrected chi connectivity index (χ0v) is 22.2. The fourth-order valence-corrected chi connectivity index (χ4v) is 7.54. The van der Waals surface area contributed by atoms with Crippen molar-refractivity contribution >= 4 is 27.6 Å². The molecule has 0 spiro atoms. The van der Waals surface area contributed by atoms with Gasteiger partial charge >= 0.3 is 6.01 Å². The van der Waals surface area contributed by atoms with Gasteiger partial charge in [0.25, 0.3) is 0 Å². The summed E-state index contributed by atoms with van der Waals surface area (Å²) in [6.45, 7) is 6.44. The van der Waals surface area contributed by atoms with Gasteiger partial charge in [-0.25, -0.2) is 4.39 Å². The Morgan fingerprint density at radius 1 is 1.05 bits per heavy atom. The molecule has 0 aliphatic carbocycles. The molecule has 3 aromatic heterocycles. The molecule has 39 heavy (non-hydrogen) atoms. The summed E-state index contributed by atoms with van der Waals surface area (Å²) in [4.78, 5) is 19.1. The van der Waals surface area contributed by atoms with Crippen LogP contribution in [0.15, 0.2) is 24.5 Å². The Hall–Kier alpha value is -3.37. The fraction of sp³-hybridized carbons (Fsp3) is 0.517. The molecule has 4 aliphatic heterocycles. The molecular formula is C29H33FN8O. The standard InChI is InChI=1S/C29H33FN8O/c1-17-10-20(21-13-32-36-23(21)11-17)25-24(30)26-22(12-31-25)27(37-14-18-4-5-19(15-37)33-18)35-28(34-26)39-16-29-6-2-8-38(29)9-3-7-29/h10-13,18-19,33H,2-9,14-16H2,1H3,(H,32,36). The zero-order valence-electron chi connectivity index (χ0n) is 22.2. The molecule has 0 radical (unpaired) electrons. The van der Waals surface area contributed by atoms with E-state index in [0.29, 0.717) is 29.6 Å². The van der Waals surface area contributed by atoms with Gasteiger partial charge in [-0.2, -0.15) is 15.1 Å². The lowest BCUT2D eigenvalue weighted by atomic mass is 9.95. The number of fused-ring (bicyclic) bond motifs is 5. The van der Waals surface area contributed by atoms with E-state index in [1.807, 2.05) is 19.1 Å². The van der Waals surface area contributed by atoms with Crippen LogP contribution in [0.25, 0.3) is 33.1 Å². The topological polar surface area (TPSA) is 95.1 Å². The van der Waals surface area contributed by atoms with Gasteiger partial charge in [0.2, 0.25) is 0 Å². The summed E-state index contributed by atoms with van der Waals surface area (Å²) in [5, 5.41) is 12.3. The van der Waals surface area contributed by atoms with E-state index in [9.17, 15) is 0 Å². The van der Waals surface area contributed by atoms with Crippen molar-refractivity contribution in [1.29, 1.82) is 0 Å². The van der Waals surface area contributed by atoms with E-state index in [4.69, 9.17) is 14.7 Å². The summed E-state index contributed by atoms with van der Waals surface area (Å²) in [5.41, 5.74) is 3.15. The Morgan fingerprint density at radius 2 is 1.85 bits per heavy atom. The van der Waals surface area contributed by atoms with Gasteiger partial charge in [-0.05, 0) is 76.2 Å². The van der Waals surface area contributed by atoms with Crippen molar-refractivity contribution in [3.05, 3.63) is 35.9 Å². The first-order valence-electron chi connectivity index (χ1n) is 14.3. The van der Waals surface area contributed by atoms with Crippen LogP contribution in [-0.4, -0.2) is 80.5 Å². The maximum absolute atomic E-state index is 16.5. The largest absolute Gasteiger partial charge is 0.461 e. The summed E-state index contributed by atoms with van der Waals surface area (Å²) < 4.78 is 22.9. The van der Waals surface area contributed by atoms with Gasteiger partial charge in [0.15, 0.2) is 5.82 Å². The first-order valence-corrected chi connectivity index (χ1v) is 14.3. The molecule has 4 fully saturated rings. The SMILES string of the molecule is Cc1cc(-c2ncc3c(N4CC5CCC(C4)N5)nc(OCC45CCCN4CCC5)nc3c2F)c2cn[nH]c2c1. The van der Waals surface area contributed by atoms with E-state index in [1.54, 1.807) is 12.4 Å². The van der Waals surface area contributed by atoms with E-state index >= 15 is 4.39 Å². The predicted octanol–water partition coefficient (Wildman–Crippen LogP) is 3.96. The average Bonchev–Trinajstić information content (AvgIpc) is 3.71. The van der Waals surface area contributed by atoms with Crippen molar-refractivity contribution in [2.75, 3.05) is 37.7 Å². The minimum absolute atomic E-state index is 0.0586. The van der Waals surface area contributed by atoms with Crippen LogP contribution in [0.3, 0.4) is 0 Å². The van der Waals surface area contributed by atoms with Gasteiger partial charge in [-0.1, -0.05) is 0 Å². The minimum Gasteiger partial charge on any atom is -0.461 e. The molecule has 2 N–H and O–H groups in total. The van der Waals surface area contributed by atoms with Crippen molar-refractivity contribution in [3.63, 3.8) is 0 Å². The molecule has 7 heterocycles. The van der Waals surface area contributed by atoms with E-state index in [2.05, 4.69) is 30.3 Å². The lowest BCUT2D eigenvalue weighted by Gasteiger charge is -2.34. The molecule has 0 saturated carbocycles. The molecule has 1 aromatic carbocycles. The minimum atomic E-state index is -0.450. The quantitative estimate of drug-likeness (QED) is 0.402. The number of halogens is 1. The lowest BCUT2D eigenvalue weighted by Crippen LogP contribution is -2.51. The van der Waals surface area contributed by atoms with Crippen molar-refractivity contribution in [3.8, 4) is 17.3 Å². The number of hydrogen-bond acceptors (Lipinski definition) is 8. The molecule has 202 valence electrons. The Balaban J connectivity index is 1.25. The van der Waals surface area contributed by atoms with Crippen LogP contribution >= 0.6 is 0 Å². The number of piperazine rings is 1. The maximum atomic E-state index is 16.5. The highest BCUT2D eigenvalue weighted by Crippen LogP contribution is 2.40. The average molecular weight is 529 g/mol. The molecule has 9 nitrogen and oxygen atoms in total. The van der Waals surface area contributed by atoms with Crippen LogP contribution in [0, 0.1) is 12.7 Å². The number of aromatic amines is 1. The lowest BCUT2D eigenvalue weighted by molar-refractivity contribution is 0.108. The Labute approximate surface area is 226 Å². The zero-order chi connectivity index (χ0) is 26.1. The maximum Gasteiger partial charge on any atom is 0.319 e. The van der Waals surface area contributed by atoms with E-state index in [-0.39, 0.29) is 22.8 Å². The number of benzene rings is 1. The van der Waals surface area contributed by atoms with E-state index in [1.165, 1.54) is 12.8 Å². The van der Waals surface area contributed by atoms with Crippen molar-refractivity contribution in [1.82, 2.24) is 35.4 Å². The smallest absolute Gasteiger partial charge is 0.319 e. The highest BCUT2D eigenvalue weighted by Gasteiger charge is 2.45. The second kappa shape index (κ2) is 8.82. The Kier molecular flexibility index (Phi) is 5.32. The number of H-pyrrole nitrogens is 1.